The minimum absolute atomic E-state index is 0.129. The highest BCUT2D eigenvalue weighted by Gasteiger charge is 2.37. The highest BCUT2D eigenvalue weighted by Crippen LogP contribution is 2.24. The van der Waals surface area contributed by atoms with Crippen molar-refractivity contribution in [1.29, 1.82) is 0 Å². The van der Waals surface area contributed by atoms with Crippen LogP contribution in [0.4, 0.5) is 4.39 Å². The summed E-state index contributed by atoms with van der Waals surface area (Å²) >= 11 is 3.18. The van der Waals surface area contributed by atoms with Gasteiger partial charge in [-0.1, -0.05) is 19.1 Å². The molecule has 6 heteroatoms. The van der Waals surface area contributed by atoms with Gasteiger partial charge in [-0.2, -0.15) is 0 Å². The van der Waals surface area contributed by atoms with E-state index in [1.807, 2.05) is 6.92 Å². The SMILES string of the molecule is CCC1NC(=O)C(C)N(Cc2cccc(F)c2Br)C1=O. The zero-order valence-corrected chi connectivity index (χ0v) is 12.9. The van der Waals surface area contributed by atoms with E-state index in [0.717, 1.165) is 0 Å². The first-order chi connectivity index (χ1) is 9.45. The molecule has 2 amide bonds. The van der Waals surface area contributed by atoms with Crippen LogP contribution in [0.1, 0.15) is 25.8 Å². The molecule has 1 heterocycles. The van der Waals surface area contributed by atoms with Crippen molar-refractivity contribution in [2.45, 2.75) is 38.9 Å². The maximum absolute atomic E-state index is 13.5. The Hall–Kier alpha value is -1.43. The van der Waals surface area contributed by atoms with Gasteiger partial charge in [0.25, 0.3) is 0 Å². The molecule has 1 aliphatic rings. The molecule has 20 heavy (non-hydrogen) atoms. The average molecular weight is 343 g/mol. The maximum Gasteiger partial charge on any atom is 0.246 e. The van der Waals surface area contributed by atoms with Gasteiger partial charge in [-0.15, -0.1) is 0 Å². The van der Waals surface area contributed by atoms with Crippen LogP contribution in [-0.2, 0) is 16.1 Å². The summed E-state index contributed by atoms with van der Waals surface area (Å²) in [7, 11) is 0. The lowest BCUT2D eigenvalue weighted by Gasteiger charge is -2.37. The Morgan fingerprint density at radius 1 is 1.40 bits per heavy atom. The molecule has 4 nitrogen and oxygen atoms in total. The van der Waals surface area contributed by atoms with Gasteiger partial charge >= 0.3 is 0 Å². The summed E-state index contributed by atoms with van der Waals surface area (Å²) in [5, 5.41) is 2.69. The van der Waals surface area contributed by atoms with Gasteiger partial charge in [-0.25, -0.2) is 4.39 Å². The lowest BCUT2D eigenvalue weighted by Crippen LogP contribution is -2.61. The molecule has 0 aliphatic carbocycles. The summed E-state index contributed by atoms with van der Waals surface area (Å²) in [5.74, 6) is -0.684. The number of nitrogens with one attached hydrogen (secondary N) is 1. The minimum atomic E-state index is -0.555. The molecule has 2 unspecified atom stereocenters. The summed E-state index contributed by atoms with van der Waals surface area (Å²) in [5.41, 5.74) is 0.648. The summed E-state index contributed by atoms with van der Waals surface area (Å²) in [6.45, 7) is 3.73. The Morgan fingerprint density at radius 3 is 2.75 bits per heavy atom. The zero-order chi connectivity index (χ0) is 14.9. The van der Waals surface area contributed by atoms with Gasteiger partial charge < -0.3 is 10.2 Å². The fourth-order valence-electron chi connectivity index (χ4n) is 2.23. The number of hydrogen-bond donors (Lipinski definition) is 1. The standard InChI is InChI=1S/C14H16BrFN2O2/c1-3-11-14(20)18(8(2)13(19)17-11)7-9-5-4-6-10(16)12(9)15/h4-6,8,11H,3,7H2,1-2H3,(H,17,19). The highest BCUT2D eigenvalue weighted by molar-refractivity contribution is 9.10. The number of piperazine rings is 1. The predicted octanol–water partition coefficient (Wildman–Crippen LogP) is 2.21. The van der Waals surface area contributed by atoms with Crippen LogP contribution in [0.25, 0.3) is 0 Å². The fourth-order valence-corrected chi connectivity index (χ4v) is 2.62. The highest BCUT2D eigenvalue weighted by atomic mass is 79.9. The number of nitrogens with zero attached hydrogens (tertiary/aromatic N) is 1. The molecule has 1 fully saturated rings. The Bertz CT molecular complexity index is 550. The van der Waals surface area contributed by atoms with Crippen LogP contribution in [0.2, 0.25) is 0 Å². The fraction of sp³-hybridized carbons (Fsp3) is 0.429. The number of carbonyl (C=O) groups excluding carboxylic acids is 2. The van der Waals surface area contributed by atoms with Gasteiger partial charge in [0.15, 0.2) is 0 Å². The van der Waals surface area contributed by atoms with E-state index in [-0.39, 0.29) is 24.2 Å². The van der Waals surface area contributed by atoms with Crippen molar-refractivity contribution in [2.75, 3.05) is 0 Å². The zero-order valence-electron chi connectivity index (χ0n) is 11.3. The molecule has 1 N–H and O–H groups in total. The van der Waals surface area contributed by atoms with Crippen molar-refractivity contribution in [3.05, 3.63) is 34.1 Å². The van der Waals surface area contributed by atoms with E-state index in [9.17, 15) is 14.0 Å². The average Bonchev–Trinajstić information content (AvgIpc) is 2.43. The van der Waals surface area contributed by atoms with Crippen molar-refractivity contribution in [1.82, 2.24) is 10.2 Å². The molecule has 2 atom stereocenters. The number of halogens is 2. The first-order valence-corrected chi connectivity index (χ1v) is 7.28. The van der Waals surface area contributed by atoms with Crippen molar-refractivity contribution in [2.24, 2.45) is 0 Å². The molecule has 0 radical (unpaired) electrons. The third-order valence-corrected chi connectivity index (χ3v) is 4.41. The van der Waals surface area contributed by atoms with Crippen molar-refractivity contribution in [3.8, 4) is 0 Å². The summed E-state index contributed by atoms with van der Waals surface area (Å²) in [4.78, 5) is 25.7. The second-order valence-electron chi connectivity index (χ2n) is 4.82. The lowest BCUT2D eigenvalue weighted by molar-refractivity contribution is -0.149. The molecular weight excluding hydrogens is 327 g/mol. The Balaban J connectivity index is 2.27. The molecule has 2 rings (SSSR count). The number of amides is 2. The molecule has 0 saturated carbocycles. The van der Waals surface area contributed by atoms with Gasteiger partial charge in [-0.3, -0.25) is 9.59 Å². The van der Waals surface area contributed by atoms with E-state index in [1.165, 1.54) is 11.0 Å². The van der Waals surface area contributed by atoms with E-state index < -0.39 is 12.1 Å². The van der Waals surface area contributed by atoms with Crippen LogP contribution in [-0.4, -0.2) is 28.8 Å². The van der Waals surface area contributed by atoms with E-state index >= 15 is 0 Å². The molecule has 0 spiro atoms. The summed E-state index contributed by atoms with van der Waals surface area (Å²) in [6, 6.07) is 3.62. The molecule has 1 aromatic carbocycles. The largest absolute Gasteiger partial charge is 0.343 e. The normalized spacial score (nSPS) is 22.9. The molecule has 0 bridgehead atoms. The smallest absolute Gasteiger partial charge is 0.246 e. The molecule has 1 saturated heterocycles. The monoisotopic (exact) mass is 342 g/mol. The summed E-state index contributed by atoms with van der Waals surface area (Å²) < 4.78 is 13.9. The van der Waals surface area contributed by atoms with Crippen LogP contribution in [0.15, 0.2) is 22.7 Å². The van der Waals surface area contributed by atoms with Gasteiger partial charge in [0, 0.05) is 6.54 Å². The molecule has 0 aromatic heterocycles. The van der Waals surface area contributed by atoms with Crippen molar-refractivity contribution in [3.63, 3.8) is 0 Å². The van der Waals surface area contributed by atoms with Crippen LogP contribution >= 0.6 is 15.9 Å². The summed E-state index contributed by atoms with van der Waals surface area (Å²) in [6.07, 6.45) is 0.540. The quantitative estimate of drug-likeness (QED) is 0.915. The van der Waals surface area contributed by atoms with E-state index in [2.05, 4.69) is 21.2 Å². The second kappa shape index (κ2) is 5.91. The Labute approximate surface area is 125 Å². The predicted molar refractivity (Wildman–Crippen MR) is 76.3 cm³/mol. The van der Waals surface area contributed by atoms with Crippen molar-refractivity contribution >= 4 is 27.7 Å². The molecular formula is C14H16BrFN2O2. The van der Waals surface area contributed by atoms with Crippen LogP contribution in [0, 0.1) is 5.82 Å². The number of carbonyl (C=O) groups is 2. The lowest BCUT2D eigenvalue weighted by atomic mass is 10.0. The van der Waals surface area contributed by atoms with E-state index in [0.29, 0.717) is 16.5 Å². The number of benzene rings is 1. The molecule has 108 valence electrons. The van der Waals surface area contributed by atoms with Crippen LogP contribution in [0.3, 0.4) is 0 Å². The first kappa shape index (κ1) is 15.0. The van der Waals surface area contributed by atoms with Crippen LogP contribution in [0.5, 0.6) is 0 Å². The van der Waals surface area contributed by atoms with E-state index in [4.69, 9.17) is 0 Å². The third kappa shape index (κ3) is 2.70. The van der Waals surface area contributed by atoms with Crippen LogP contribution < -0.4 is 5.32 Å². The Morgan fingerprint density at radius 2 is 2.10 bits per heavy atom. The topological polar surface area (TPSA) is 49.4 Å². The Kier molecular flexibility index (Phi) is 4.42. The minimum Gasteiger partial charge on any atom is -0.343 e. The maximum atomic E-state index is 13.5. The van der Waals surface area contributed by atoms with Gasteiger partial charge in [0.2, 0.25) is 11.8 Å². The van der Waals surface area contributed by atoms with Gasteiger partial charge in [0.1, 0.15) is 17.9 Å². The molecule has 1 aromatic rings. The second-order valence-corrected chi connectivity index (χ2v) is 5.62. The number of hydrogen-bond acceptors (Lipinski definition) is 2. The van der Waals surface area contributed by atoms with Crippen molar-refractivity contribution < 1.29 is 14.0 Å². The van der Waals surface area contributed by atoms with Gasteiger partial charge in [-0.05, 0) is 40.9 Å². The first-order valence-electron chi connectivity index (χ1n) is 6.49. The van der Waals surface area contributed by atoms with Gasteiger partial charge in [0.05, 0.1) is 4.47 Å². The third-order valence-electron chi connectivity index (χ3n) is 3.53. The molecule has 1 aliphatic heterocycles. The number of rotatable bonds is 3. The van der Waals surface area contributed by atoms with E-state index in [1.54, 1.807) is 19.1 Å².